The summed E-state index contributed by atoms with van der Waals surface area (Å²) in [7, 11) is 1.29. The second-order valence-corrected chi connectivity index (χ2v) is 7.31. The minimum atomic E-state index is -1.49. The Kier molecular flexibility index (Phi) is 7.21. The molecule has 2 atom stereocenters. The minimum absolute atomic E-state index is 0.0843. The molecule has 168 valence electrons. The van der Waals surface area contributed by atoms with Crippen LogP contribution in [0.5, 0.6) is 5.75 Å². The summed E-state index contributed by atoms with van der Waals surface area (Å²) < 4.78 is 24.3. The average Bonchev–Trinajstić information content (AvgIpc) is 2.79. The quantitative estimate of drug-likeness (QED) is 0.281. The van der Waals surface area contributed by atoms with E-state index in [0.29, 0.717) is 17.7 Å². The van der Waals surface area contributed by atoms with Crippen molar-refractivity contribution < 1.29 is 28.7 Å². The van der Waals surface area contributed by atoms with Gasteiger partial charge in [0.1, 0.15) is 11.6 Å². The molecule has 0 radical (unpaired) electrons. The highest BCUT2D eigenvalue weighted by atomic mass is 19.1. The number of esters is 1. The third-order valence-corrected chi connectivity index (χ3v) is 5.07. The highest BCUT2D eigenvalue weighted by Gasteiger charge is 2.26. The van der Waals surface area contributed by atoms with Crippen LogP contribution in [0.2, 0.25) is 0 Å². The molecule has 32 heavy (non-hydrogen) atoms. The SMILES string of the molecule is COC(=O)c1ccc(CN(C2=CC(F)=CCC2C)C(O)Oc2ccc([N+](=O)[O-])cc2)cc1. The van der Waals surface area contributed by atoms with Gasteiger partial charge in [-0.05, 0) is 54.3 Å². The molecule has 1 aliphatic rings. The highest BCUT2D eigenvalue weighted by Crippen LogP contribution is 2.30. The van der Waals surface area contributed by atoms with E-state index in [9.17, 15) is 24.4 Å². The van der Waals surface area contributed by atoms with Gasteiger partial charge in [-0.3, -0.25) is 10.1 Å². The van der Waals surface area contributed by atoms with Crippen LogP contribution in [0.1, 0.15) is 29.3 Å². The van der Waals surface area contributed by atoms with Crippen LogP contribution < -0.4 is 4.74 Å². The number of rotatable bonds is 8. The summed E-state index contributed by atoms with van der Waals surface area (Å²) in [6.07, 6.45) is 1.79. The Hall–Kier alpha value is -3.72. The zero-order valence-electron chi connectivity index (χ0n) is 17.6. The van der Waals surface area contributed by atoms with Crippen LogP contribution in [0.15, 0.2) is 72.2 Å². The number of non-ortho nitro benzene ring substituents is 1. The number of aliphatic hydroxyl groups is 1. The lowest BCUT2D eigenvalue weighted by molar-refractivity contribution is -0.384. The molecule has 0 aromatic heterocycles. The van der Waals surface area contributed by atoms with Gasteiger partial charge in [-0.2, -0.15) is 0 Å². The number of aliphatic hydroxyl groups excluding tert-OH is 1. The van der Waals surface area contributed by atoms with Crippen molar-refractivity contribution in [3.63, 3.8) is 0 Å². The van der Waals surface area contributed by atoms with Gasteiger partial charge in [0.25, 0.3) is 12.1 Å². The van der Waals surface area contributed by atoms with Gasteiger partial charge in [0, 0.05) is 24.4 Å². The van der Waals surface area contributed by atoms with Crippen molar-refractivity contribution in [1.82, 2.24) is 4.90 Å². The minimum Gasteiger partial charge on any atom is -0.465 e. The number of nitro groups is 1. The van der Waals surface area contributed by atoms with Gasteiger partial charge >= 0.3 is 5.97 Å². The summed E-state index contributed by atoms with van der Waals surface area (Å²) in [5.74, 6) is -0.745. The third-order valence-electron chi connectivity index (χ3n) is 5.07. The van der Waals surface area contributed by atoms with E-state index in [2.05, 4.69) is 0 Å². The van der Waals surface area contributed by atoms with E-state index in [1.165, 1.54) is 48.4 Å². The van der Waals surface area contributed by atoms with E-state index in [4.69, 9.17) is 9.47 Å². The Balaban J connectivity index is 1.85. The molecule has 2 aromatic carbocycles. The van der Waals surface area contributed by atoms with Gasteiger partial charge in [-0.25, -0.2) is 9.18 Å². The van der Waals surface area contributed by atoms with E-state index in [1.54, 1.807) is 24.3 Å². The first-order valence-electron chi connectivity index (χ1n) is 9.89. The number of allylic oxidation sites excluding steroid dienone is 4. The van der Waals surface area contributed by atoms with Crippen LogP contribution >= 0.6 is 0 Å². The summed E-state index contributed by atoms with van der Waals surface area (Å²) in [4.78, 5) is 23.5. The lowest BCUT2D eigenvalue weighted by Crippen LogP contribution is -2.40. The average molecular weight is 442 g/mol. The smallest absolute Gasteiger partial charge is 0.337 e. The zero-order chi connectivity index (χ0) is 23.3. The lowest BCUT2D eigenvalue weighted by atomic mass is 9.97. The van der Waals surface area contributed by atoms with Crippen molar-refractivity contribution in [3.05, 3.63) is 93.4 Å². The van der Waals surface area contributed by atoms with E-state index >= 15 is 0 Å². The molecule has 9 heteroatoms. The second kappa shape index (κ2) is 10.1. The maximum atomic E-state index is 14.0. The van der Waals surface area contributed by atoms with Gasteiger partial charge in [0.2, 0.25) is 0 Å². The maximum absolute atomic E-state index is 14.0. The molecule has 0 aliphatic heterocycles. The molecule has 0 heterocycles. The van der Waals surface area contributed by atoms with Crippen molar-refractivity contribution in [2.24, 2.45) is 5.92 Å². The Morgan fingerprint density at radius 3 is 2.50 bits per heavy atom. The topological polar surface area (TPSA) is 102 Å². The number of nitrogens with zero attached hydrogens (tertiary/aromatic N) is 2. The molecule has 3 rings (SSSR count). The maximum Gasteiger partial charge on any atom is 0.337 e. The Morgan fingerprint density at radius 2 is 1.91 bits per heavy atom. The normalized spacial score (nSPS) is 16.4. The predicted molar refractivity (Wildman–Crippen MR) is 114 cm³/mol. The van der Waals surface area contributed by atoms with Crippen LogP contribution in [0.3, 0.4) is 0 Å². The van der Waals surface area contributed by atoms with Crippen molar-refractivity contribution in [2.75, 3.05) is 7.11 Å². The molecule has 0 amide bonds. The molecule has 2 unspecified atom stereocenters. The number of hydrogen-bond acceptors (Lipinski definition) is 7. The first-order chi connectivity index (χ1) is 15.3. The number of methoxy groups -OCH3 is 1. The van der Waals surface area contributed by atoms with Gasteiger partial charge in [0.15, 0.2) is 0 Å². The lowest BCUT2D eigenvalue weighted by Gasteiger charge is -2.35. The summed E-state index contributed by atoms with van der Waals surface area (Å²) in [5.41, 5.74) is 1.55. The van der Waals surface area contributed by atoms with Gasteiger partial charge in [-0.1, -0.05) is 19.1 Å². The van der Waals surface area contributed by atoms with Crippen molar-refractivity contribution >= 4 is 11.7 Å². The third kappa shape index (κ3) is 5.50. The monoisotopic (exact) mass is 442 g/mol. The van der Waals surface area contributed by atoms with Crippen LogP contribution in [0.25, 0.3) is 0 Å². The van der Waals surface area contributed by atoms with Gasteiger partial charge in [-0.15, -0.1) is 0 Å². The van der Waals surface area contributed by atoms with Crippen LogP contribution in [0, 0.1) is 16.0 Å². The number of halogens is 1. The second-order valence-electron chi connectivity index (χ2n) is 7.31. The number of nitro benzene ring substituents is 1. The Morgan fingerprint density at radius 1 is 1.25 bits per heavy atom. The first kappa shape index (κ1) is 23.0. The summed E-state index contributed by atoms with van der Waals surface area (Å²) in [5, 5.41) is 21.7. The Bertz CT molecular complexity index is 1030. The number of hydrogen-bond donors (Lipinski definition) is 1. The number of carbonyl (C=O) groups is 1. The molecular weight excluding hydrogens is 419 g/mol. The largest absolute Gasteiger partial charge is 0.465 e. The fourth-order valence-electron chi connectivity index (χ4n) is 3.31. The van der Waals surface area contributed by atoms with E-state index < -0.39 is 23.1 Å². The van der Waals surface area contributed by atoms with Gasteiger partial charge in [0.05, 0.1) is 17.6 Å². The predicted octanol–water partition coefficient (Wildman–Crippen LogP) is 4.32. The molecule has 8 nitrogen and oxygen atoms in total. The number of carbonyl (C=O) groups excluding carboxylic acids is 1. The summed E-state index contributed by atoms with van der Waals surface area (Å²) >= 11 is 0. The van der Waals surface area contributed by atoms with Crippen LogP contribution in [-0.2, 0) is 11.3 Å². The molecule has 0 spiro atoms. The molecule has 1 aliphatic carbocycles. The molecule has 0 saturated heterocycles. The molecule has 2 aromatic rings. The standard InChI is InChI=1S/C23H23FN2O6/c1-15-3-8-18(24)13-21(15)25(14-16-4-6-17(7-5-16)22(27)31-2)23(28)32-20-11-9-19(10-12-20)26(29)30/h4-13,15,23,28H,3,14H2,1-2H3. The van der Waals surface area contributed by atoms with E-state index in [1.807, 2.05) is 6.92 Å². The molecule has 1 N–H and O–H groups in total. The van der Waals surface area contributed by atoms with E-state index in [0.717, 1.165) is 5.56 Å². The van der Waals surface area contributed by atoms with Crippen LogP contribution in [0.4, 0.5) is 10.1 Å². The Labute approximate surface area is 184 Å². The van der Waals surface area contributed by atoms with Crippen molar-refractivity contribution in [1.29, 1.82) is 0 Å². The number of ether oxygens (including phenoxy) is 2. The molecule has 0 fully saturated rings. The van der Waals surface area contributed by atoms with Crippen molar-refractivity contribution in [3.8, 4) is 5.75 Å². The molecular formula is C23H23FN2O6. The fourth-order valence-corrected chi connectivity index (χ4v) is 3.31. The molecule has 0 bridgehead atoms. The highest BCUT2D eigenvalue weighted by molar-refractivity contribution is 5.89. The molecule has 0 saturated carbocycles. The first-order valence-corrected chi connectivity index (χ1v) is 9.89. The fraction of sp³-hybridized carbons (Fsp3) is 0.261. The summed E-state index contributed by atoms with van der Waals surface area (Å²) in [6.45, 7) is 2.07. The number of benzene rings is 2. The van der Waals surface area contributed by atoms with E-state index in [-0.39, 0.29) is 23.9 Å². The summed E-state index contributed by atoms with van der Waals surface area (Å²) in [6, 6.07) is 11.9. The zero-order valence-corrected chi connectivity index (χ0v) is 17.6. The van der Waals surface area contributed by atoms with Crippen LogP contribution in [-0.4, -0.2) is 34.4 Å². The van der Waals surface area contributed by atoms with Gasteiger partial charge < -0.3 is 19.5 Å². The van der Waals surface area contributed by atoms with Crippen molar-refractivity contribution in [2.45, 2.75) is 26.3 Å².